The molecular formula is C10H13NO2S. The Morgan fingerprint density at radius 3 is 2.64 bits per heavy atom. The number of ether oxygens (including phenoxy) is 1. The maximum absolute atomic E-state index is 11.1. The van der Waals surface area contributed by atoms with Crippen molar-refractivity contribution in [3.8, 4) is 5.75 Å². The number of thiol groups is 1. The summed E-state index contributed by atoms with van der Waals surface area (Å²) in [4.78, 5) is 12.5. The van der Waals surface area contributed by atoms with E-state index in [0.29, 0.717) is 5.75 Å². The van der Waals surface area contributed by atoms with Crippen LogP contribution in [0.15, 0.2) is 18.2 Å². The fraction of sp³-hybridized carbons (Fsp3) is 0.300. The number of amides is 1. The molecule has 14 heavy (non-hydrogen) atoms. The molecule has 1 aromatic rings. The normalized spacial score (nSPS) is 9.71. The highest BCUT2D eigenvalue weighted by Crippen LogP contribution is 2.28. The maximum Gasteiger partial charge on any atom is 0.282 e. The van der Waals surface area contributed by atoms with Gasteiger partial charge in [-0.05, 0) is 24.6 Å². The zero-order chi connectivity index (χ0) is 10.7. The number of nitrogens with zero attached hydrogens (tertiary/aromatic N) is 1. The topological polar surface area (TPSA) is 29.5 Å². The van der Waals surface area contributed by atoms with Crippen LogP contribution in [0.2, 0.25) is 0 Å². The molecule has 0 spiro atoms. The molecule has 0 unspecified atom stereocenters. The summed E-state index contributed by atoms with van der Waals surface area (Å²) in [7, 11) is 3.23. The maximum atomic E-state index is 11.1. The molecule has 4 heteroatoms. The van der Waals surface area contributed by atoms with Crippen LogP contribution in [-0.4, -0.2) is 19.4 Å². The fourth-order valence-corrected chi connectivity index (χ4v) is 1.27. The average molecular weight is 211 g/mol. The predicted octanol–water partition coefficient (Wildman–Crippen LogP) is 2.49. The van der Waals surface area contributed by atoms with E-state index in [4.69, 9.17) is 4.74 Å². The van der Waals surface area contributed by atoms with Crippen molar-refractivity contribution in [2.45, 2.75) is 6.92 Å². The zero-order valence-electron chi connectivity index (χ0n) is 8.44. The molecule has 0 aliphatic heterocycles. The van der Waals surface area contributed by atoms with Crippen LogP contribution in [0.1, 0.15) is 5.56 Å². The zero-order valence-corrected chi connectivity index (χ0v) is 9.34. The highest BCUT2D eigenvalue weighted by atomic mass is 32.1. The van der Waals surface area contributed by atoms with Gasteiger partial charge in [-0.2, -0.15) is 0 Å². The first-order chi connectivity index (χ1) is 6.56. The molecule has 0 heterocycles. The van der Waals surface area contributed by atoms with Gasteiger partial charge in [0.15, 0.2) is 0 Å². The van der Waals surface area contributed by atoms with Gasteiger partial charge < -0.3 is 9.64 Å². The van der Waals surface area contributed by atoms with Crippen LogP contribution in [0.25, 0.3) is 0 Å². The summed E-state index contributed by atoms with van der Waals surface area (Å²) in [5.41, 5.74) is 1.80. The summed E-state index contributed by atoms with van der Waals surface area (Å²) in [5, 5.41) is -0.311. The second-order valence-corrected chi connectivity index (χ2v) is 3.40. The highest BCUT2D eigenvalue weighted by Gasteiger charge is 2.11. The Bertz CT molecular complexity index is 352. The van der Waals surface area contributed by atoms with Crippen LogP contribution in [-0.2, 0) is 0 Å². The molecule has 1 aromatic carbocycles. The smallest absolute Gasteiger partial charge is 0.282 e. The van der Waals surface area contributed by atoms with Gasteiger partial charge in [0.2, 0.25) is 0 Å². The Kier molecular flexibility index (Phi) is 3.41. The lowest BCUT2D eigenvalue weighted by Gasteiger charge is -2.17. The molecule has 0 radical (unpaired) electrons. The number of methoxy groups -OCH3 is 1. The van der Waals surface area contributed by atoms with Gasteiger partial charge in [-0.3, -0.25) is 4.79 Å². The first-order valence-corrected chi connectivity index (χ1v) is 4.62. The number of hydrogen-bond acceptors (Lipinski definition) is 2. The van der Waals surface area contributed by atoms with E-state index in [-0.39, 0.29) is 5.24 Å². The number of carbonyl (C=O) groups is 1. The van der Waals surface area contributed by atoms with E-state index < -0.39 is 0 Å². The van der Waals surface area contributed by atoms with E-state index in [9.17, 15) is 4.79 Å². The quantitative estimate of drug-likeness (QED) is 0.762. The van der Waals surface area contributed by atoms with Crippen molar-refractivity contribution < 1.29 is 9.53 Å². The van der Waals surface area contributed by atoms with E-state index >= 15 is 0 Å². The lowest BCUT2D eigenvalue weighted by atomic mass is 10.2. The summed E-state index contributed by atoms with van der Waals surface area (Å²) in [6, 6.07) is 5.64. The second kappa shape index (κ2) is 4.37. The summed E-state index contributed by atoms with van der Waals surface area (Å²) in [6.45, 7) is 1.96. The van der Waals surface area contributed by atoms with Gasteiger partial charge in [0.1, 0.15) is 5.75 Å². The molecule has 1 amide bonds. The van der Waals surface area contributed by atoms with E-state index in [1.807, 2.05) is 25.1 Å². The molecule has 0 N–H and O–H groups in total. The third-order valence-electron chi connectivity index (χ3n) is 1.98. The molecule has 0 fully saturated rings. The van der Waals surface area contributed by atoms with Crippen molar-refractivity contribution in [2.75, 3.05) is 19.1 Å². The Labute approximate surface area is 89.1 Å². The SMILES string of the molecule is COc1ccc(C)cc1N(C)C(=O)S. The average Bonchev–Trinajstić information content (AvgIpc) is 2.16. The second-order valence-electron chi connectivity index (χ2n) is 3.02. The molecule has 1 rings (SSSR count). The van der Waals surface area contributed by atoms with Crippen molar-refractivity contribution in [3.63, 3.8) is 0 Å². The molecule has 3 nitrogen and oxygen atoms in total. The molecule has 76 valence electrons. The van der Waals surface area contributed by atoms with E-state index in [1.54, 1.807) is 14.2 Å². The molecule has 0 saturated carbocycles. The first kappa shape index (κ1) is 10.9. The first-order valence-electron chi connectivity index (χ1n) is 4.17. The summed E-state index contributed by atoms with van der Waals surface area (Å²) in [5.74, 6) is 0.667. The minimum absolute atomic E-state index is 0.311. The van der Waals surface area contributed by atoms with Gasteiger partial charge in [0.05, 0.1) is 12.8 Å². The highest BCUT2D eigenvalue weighted by molar-refractivity contribution is 7.96. The number of rotatable bonds is 2. The van der Waals surface area contributed by atoms with Gasteiger partial charge in [0, 0.05) is 7.05 Å². The molecule has 0 aromatic heterocycles. The molecular weight excluding hydrogens is 198 g/mol. The standard InChI is InChI=1S/C10H13NO2S/c1-7-4-5-9(13-3)8(6-7)11(2)10(12)14/h4-6H,1-3H3,(H,12,14). The number of aryl methyl sites for hydroxylation is 1. The van der Waals surface area contributed by atoms with E-state index in [2.05, 4.69) is 12.6 Å². The molecule has 0 aliphatic carbocycles. The van der Waals surface area contributed by atoms with Gasteiger partial charge in [-0.1, -0.05) is 18.7 Å². The minimum atomic E-state index is -0.311. The van der Waals surface area contributed by atoms with Gasteiger partial charge in [-0.25, -0.2) is 0 Å². The summed E-state index contributed by atoms with van der Waals surface area (Å²) in [6.07, 6.45) is 0. The fourth-order valence-electron chi connectivity index (χ4n) is 1.17. The van der Waals surface area contributed by atoms with Crippen LogP contribution in [0.3, 0.4) is 0 Å². The van der Waals surface area contributed by atoms with Crippen molar-refractivity contribution >= 4 is 23.6 Å². The van der Waals surface area contributed by atoms with Gasteiger partial charge >= 0.3 is 0 Å². The summed E-state index contributed by atoms with van der Waals surface area (Å²) >= 11 is 3.76. The lowest BCUT2D eigenvalue weighted by Crippen LogP contribution is -2.20. The monoisotopic (exact) mass is 211 g/mol. The van der Waals surface area contributed by atoms with Crippen molar-refractivity contribution in [1.29, 1.82) is 0 Å². The van der Waals surface area contributed by atoms with Crippen LogP contribution in [0.5, 0.6) is 5.75 Å². The Hall–Kier alpha value is -1.16. The Morgan fingerprint density at radius 2 is 2.14 bits per heavy atom. The molecule has 0 saturated heterocycles. The van der Waals surface area contributed by atoms with Crippen LogP contribution in [0.4, 0.5) is 10.5 Å². The van der Waals surface area contributed by atoms with Crippen molar-refractivity contribution in [3.05, 3.63) is 23.8 Å². The number of benzene rings is 1. The Balaban J connectivity index is 3.16. The van der Waals surface area contributed by atoms with E-state index in [1.165, 1.54) is 4.90 Å². The van der Waals surface area contributed by atoms with Gasteiger partial charge in [-0.15, -0.1) is 0 Å². The number of anilines is 1. The molecule has 0 bridgehead atoms. The Morgan fingerprint density at radius 1 is 1.50 bits per heavy atom. The summed E-state index contributed by atoms with van der Waals surface area (Å²) < 4.78 is 5.14. The van der Waals surface area contributed by atoms with Crippen LogP contribution < -0.4 is 9.64 Å². The number of hydrogen-bond donors (Lipinski definition) is 1. The molecule has 0 aliphatic rings. The number of carbonyl (C=O) groups excluding carboxylic acids is 1. The van der Waals surface area contributed by atoms with Gasteiger partial charge in [0.25, 0.3) is 5.24 Å². The van der Waals surface area contributed by atoms with Crippen molar-refractivity contribution in [2.24, 2.45) is 0 Å². The van der Waals surface area contributed by atoms with Crippen LogP contribution >= 0.6 is 12.6 Å². The predicted molar refractivity (Wildman–Crippen MR) is 60.5 cm³/mol. The van der Waals surface area contributed by atoms with E-state index in [0.717, 1.165) is 11.3 Å². The third-order valence-corrected chi connectivity index (χ3v) is 2.28. The van der Waals surface area contributed by atoms with Crippen LogP contribution in [0, 0.1) is 6.92 Å². The third kappa shape index (κ3) is 2.20. The van der Waals surface area contributed by atoms with Crippen molar-refractivity contribution in [1.82, 2.24) is 0 Å². The lowest BCUT2D eigenvalue weighted by molar-refractivity contribution is 0.266. The largest absolute Gasteiger partial charge is 0.495 e. The minimum Gasteiger partial charge on any atom is -0.495 e. The molecule has 0 atom stereocenters.